The summed E-state index contributed by atoms with van der Waals surface area (Å²) >= 11 is 1.58. The maximum Gasteiger partial charge on any atom is 0.275 e. The Kier molecular flexibility index (Phi) is 6.57. The number of thiophene rings is 1. The van der Waals surface area contributed by atoms with Crippen LogP contribution in [0.1, 0.15) is 47.6 Å². The zero-order valence-corrected chi connectivity index (χ0v) is 22.3. The molecule has 9 heteroatoms. The minimum Gasteiger partial charge on any atom is -0.332 e. The van der Waals surface area contributed by atoms with E-state index in [1.165, 1.54) is 10.4 Å². The number of carbonyl (C=O) groups is 2. The molecule has 0 bridgehead atoms. The summed E-state index contributed by atoms with van der Waals surface area (Å²) in [5, 5.41) is 12.8. The van der Waals surface area contributed by atoms with Gasteiger partial charge in [0, 0.05) is 48.6 Å². The molecular formula is C29H30N6O2S. The van der Waals surface area contributed by atoms with Gasteiger partial charge in [0.1, 0.15) is 11.5 Å². The van der Waals surface area contributed by atoms with Crippen LogP contribution >= 0.6 is 11.3 Å². The lowest BCUT2D eigenvalue weighted by atomic mass is 9.94. The molecule has 4 N–H and O–H groups in total. The number of anilines is 2. The van der Waals surface area contributed by atoms with E-state index in [-0.39, 0.29) is 11.8 Å². The van der Waals surface area contributed by atoms with Crippen molar-refractivity contribution in [2.75, 3.05) is 23.7 Å². The topological polar surface area (TPSA) is 100 Å². The second-order valence-corrected chi connectivity index (χ2v) is 10.9. The molecule has 0 spiro atoms. The van der Waals surface area contributed by atoms with E-state index in [0.29, 0.717) is 12.2 Å². The summed E-state index contributed by atoms with van der Waals surface area (Å²) < 4.78 is 2.03. The number of imidazole rings is 1. The first kappa shape index (κ1) is 24.5. The van der Waals surface area contributed by atoms with E-state index in [9.17, 15) is 9.59 Å². The molecule has 0 aliphatic carbocycles. The highest BCUT2D eigenvalue weighted by Crippen LogP contribution is 2.34. The van der Waals surface area contributed by atoms with E-state index in [1.54, 1.807) is 11.3 Å². The Labute approximate surface area is 225 Å². The van der Waals surface area contributed by atoms with Crippen LogP contribution in [0.4, 0.5) is 11.4 Å². The van der Waals surface area contributed by atoms with E-state index < -0.39 is 0 Å². The van der Waals surface area contributed by atoms with Crippen molar-refractivity contribution in [3.8, 4) is 11.1 Å². The molecule has 2 aromatic carbocycles. The van der Waals surface area contributed by atoms with Gasteiger partial charge in [-0.2, -0.15) is 0 Å². The fourth-order valence-corrected chi connectivity index (χ4v) is 6.24. The number of carbonyl (C=O) groups excluding carboxylic acids is 2. The Morgan fingerprint density at radius 3 is 2.29 bits per heavy atom. The second kappa shape index (κ2) is 10.2. The molecule has 2 aromatic heterocycles. The Balaban J connectivity index is 1.23. The zero-order chi connectivity index (χ0) is 26.2. The van der Waals surface area contributed by atoms with Gasteiger partial charge in [-0.1, -0.05) is 24.3 Å². The number of hydrogen-bond acceptors (Lipinski definition) is 6. The standard InChI is InChI=1S/C29H30N6O2S/c1-17-20(5-3-7-22(17)33-28(36)24-16-35-12-11-31-15-27(35)32-24)21-6-4-8-23(18(21)2)34-29(37)26-13-19-14-30-10-9-25(19)38-26/h3-8,13,16,30-31H,9-12,14-15H2,1-2H3,(H,33,36)(H,34,37). The third kappa shape index (κ3) is 4.64. The molecule has 4 heterocycles. The van der Waals surface area contributed by atoms with Crippen LogP contribution in [0.5, 0.6) is 0 Å². The van der Waals surface area contributed by atoms with Crippen molar-refractivity contribution in [1.29, 1.82) is 0 Å². The van der Waals surface area contributed by atoms with Crippen LogP contribution in [0, 0.1) is 13.8 Å². The average Bonchev–Trinajstić information content (AvgIpc) is 3.56. The smallest absolute Gasteiger partial charge is 0.275 e. The molecule has 0 radical (unpaired) electrons. The summed E-state index contributed by atoms with van der Waals surface area (Å²) in [5.41, 5.74) is 7.10. The van der Waals surface area contributed by atoms with Crippen molar-refractivity contribution in [2.45, 2.75) is 39.9 Å². The van der Waals surface area contributed by atoms with Gasteiger partial charge in [-0.25, -0.2) is 4.98 Å². The van der Waals surface area contributed by atoms with Gasteiger partial charge < -0.3 is 25.8 Å². The summed E-state index contributed by atoms with van der Waals surface area (Å²) in [5.74, 6) is 0.569. The molecule has 2 aliphatic rings. The van der Waals surface area contributed by atoms with Crippen LogP contribution in [0.25, 0.3) is 11.1 Å². The number of rotatable bonds is 5. The van der Waals surface area contributed by atoms with E-state index in [4.69, 9.17) is 0 Å². The highest BCUT2D eigenvalue weighted by Gasteiger charge is 2.20. The molecule has 0 saturated heterocycles. The SMILES string of the molecule is Cc1c(NC(=O)c2cn3c(n2)CNCC3)cccc1-c1cccc(NC(=O)c2cc3c(s2)CCNC3)c1C. The molecule has 0 unspecified atom stereocenters. The summed E-state index contributed by atoms with van der Waals surface area (Å²) in [6.07, 6.45) is 2.79. The molecule has 4 aromatic rings. The Hall–Kier alpha value is -3.79. The van der Waals surface area contributed by atoms with Crippen molar-refractivity contribution < 1.29 is 9.59 Å². The Morgan fingerprint density at radius 1 is 0.921 bits per heavy atom. The molecular weight excluding hydrogens is 496 g/mol. The molecule has 8 nitrogen and oxygen atoms in total. The molecule has 2 aliphatic heterocycles. The molecule has 6 rings (SSSR count). The Morgan fingerprint density at radius 2 is 1.61 bits per heavy atom. The average molecular weight is 527 g/mol. The van der Waals surface area contributed by atoms with E-state index in [2.05, 4.69) is 26.3 Å². The van der Waals surface area contributed by atoms with E-state index in [1.807, 2.05) is 67.1 Å². The molecule has 194 valence electrons. The van der Waals surface area contributed by atoms with E-state index >= 15 is 0 Å². The van der Waals surface area contributed by atoms with Gasteiger partial charge in [-0.05, 0) is 66.3 Å². The van der Waals surface area contributed by atoms with E-state index in [0.717, 1.165) is 76.9 Å². The quantitative estimate of drug-likeness (QED) is 0.307. The van der Waals surface area contributed by atoms with Crippen molar-refractivity contribution >= 4 is 34.5 Å². The third-order valence-corrected chi connectivity index (χ3v) is 8.56. The predicted octanol–water partition coefficient (Wildman–Crippen LogP) is 4.48. The number of aromatic nitrogens is 2. The van der Waals surface area contributed by atoms with Crippen molar-refractivity contribution in [3.63, 3.8) is 0 Å². The number of nitrogens with one attached hydrogen (secondary N) is 4. The van der Waals surface area contributed by atoms with Crippen LogP contribution < -0.4 is 21.3 Å². The van der Waals surface area contributed by atoms with Crippen LogP contribution in [-0.2, 0) is 26.1 Å². The normalized spacial score (nSPS) is 14.5. The van der Waals surface area contributed by atoms with Crippen molar-refractivity contribution in [3.05, 3.63) is 86.6 Å². The molecule has 2 amide bonds. The number of fused-ring (bicyclic) bond motifs is 2. The van der Waals surface area contributed by atoms with Crippen molar-refractivity contribution in [1.82, 2.24) is 20.2 Å². The minimum atomic E-state index is -0.223. The number of nitrogens with zero attached hydrogens (tertiary/aromatic N) is 2. The summed E-state index contributed by atoms with van der Waals surface area (Å²) in [6.45, 7) is 8.14. The molecule has 0 saturated carbocycles. The van der Waals surface area contributed by atoms with Crippen LogP contribution in [0.3, 0.4) is 0 Å². The highest BCUT2D eigenvalue weighted by molar-refractivity contribution is 7.14. The highest BCUT2D eigenvalue weighted by atomic mass is 32.1. The lowest BCUT2D eigenvalue weighted by Crippen LogP contribution is -2.27. The maximum absolute atomic E-state index is 13.1. The minimum absolute atomic E-state index is 0.0830. The number of hydrogen-bond donors (Lipinski definition) is 4. The summed E-state index contributed by atoms with van der Waals surface area (Å²) in [4.78, 5) is 32.7. The molecule has 0 fully saturated rings. The van der Waals surface area contributed by atoms with Gasteiger partial charge in [0.2, 0.25) is 0 Å². The first-order valence-corrected chi connectivity index (χ1v) is 13.7. The van der Waals surface area contributed by atoms with Gasteiger partial charge >= 0.3 is 0 Å². The lowest BCUT2D eigenvalue weighted by molar-refractivity contribution is 0.101. The fraction of sp³-hybridized carbons (Fsp3) is 0.276. The first-order valence-electron chi connectivity index (χ1n) is 12.9. The zero-order valence-electron chi connectivity index (χ0n) is 21.5. The second-order valence-electron chi connectivity index (χ2n) is 9.76. The number of amides is 2. The third-order valence-electron chi connectivity index (χ3n) is 7.32. The Bertz CT molecular complexity index is 1390. The predicted molar refractivity (Wildman–Crippen MR) is 151 cm³/mol. The van der Waals surface area contributed by atoms with Crippen LogP contribution in [-0.4, -0.2) is 34.5 Å². The lowest BCUT2D eigenvalue weighted by Gasteiger charge is -2.16. The number of benzene rings is 2. The molecule has 0 atom stereocenters. The van der Waals surface area contributed by atoms with Crippen molar-refractivity contribution in [2.24, 2.45) is 0 Å². The maximum atomic E-state index is 13.1. The van der Waals surface area contributed by atoms with Crippen LogP contribution in [0.15, 0.2) is 48.7 Å². The monoisotopic (exact) mass is 526 g/mol. The van der Waals surface area contributed by atoms with Gasteiger partial charge in [0.15, 0.2) is 0 Å². The summed E-state index contributed by atoms with van der Waals surface area (Å²) in [7, 11) is 0. The fourth-order valence-electron chi connectivity index (χ4n) is 5.16. The first-order chi connectivity index (χ1) is 18.5. The largest absolute Gasteiger partial charge is 0.332 e. The van der Waals surface area contributed by atoms with Gasteiger partial charge in [0.25, 0.3) is 11.8 Å². The summed E-state index contributed by atoms with van der Waals surface area (Å²) in [6, 6.07) is 13.8. The molecule has 38 heavy (non-hydrogen) atoms. The van der Waals surface area contributed by atoms with Gasteiger partial charge in [-0.3, -0.25) is 9.59 Å². The van der Waals surface area contributed by atoms with Crippen LogP contribution in [0.2, 0.25) is 0 Å². The van der Waals surface area contributed by atoms with Gasteiger partial charge in [-0.15, -0.1) is 11.3 Å². The van der Waals surface area contributed by atoms with Gasteiger partial charge in [0.05, 0.1) is 11.4 Å².